The van der Waals surface area contributed by atoms with Gasteiger partial charge in [-0.15, -0.1) is 11.3 Å². The molecule has 4 nitrogen and oxygen atoms in total. The Labute approximate surface area is 170 Å². The Morgan fingerprint density at radius 2 is 1.89 bits per heavy atom. The Bertz CT molecular complexity index is 911. The topological polar surface area (TPSA) is 45.2 Å². The molecule has 0 unspecified atom stereocenters. The molecule has 146 valence electrons. The number of carbonyl (C=O) groups is 1. The van der Waals surface area contributed by atoms with Gasteiger partial charge in [-0.1, -0.05) is 36.4 Å². The molecule has 1 aromatic heterocycles. The van der Waals surface area contributed by atoms with Crippen LogP contribution in [0.4, 0.5) is 0 Å². The van der Waals surface area contributed by atoms with Gasteiger partial charge in [0.05, 0.1) is 21.8 Å². The van der Waals surface area contributed by atoms with Crippen LogP contribution in [-0.2, 0) is 11.2 Å². The molecule has 0 radical (unpaired) electrons. The molecule has 0 spiro atoms. The molecule has 2 heterocycles. The van der Waals surface area contributed by atoms with Crippen LogP contribution >= 0.6 is 11.3 Å². The van der Waals surface area contributed by atoms with Gasteiger partial charge in [-0.2, -0.15) is 0 Å². The van der Waals surface area contributed by atoms with Gasteiger partial charge in [0.1, 0.15) is 0 Å². The van der Waals surface area contributed by atoms with Crippen molar-refractivity contribution in [3.8, 4) is 0 Å². The number of aryl methyl sites for hydroxylation is 1. The van der Waals surface area contributed by atoms with Gasteiger partial charge in [-0.05, 0) is 62.5 Å². The molecule has 5 heteroatoms. The van der Waals surface area contributed by atoms with Gasteiger partial charge >= 0.3 is 0 Å². The number of amides is 1. The second-order valence-electron chi connectivity index (χ2n) is 7.60. The maximum Gasteiger partial charge on any atom is 0.234 e. The highest BCUT2D eigenvalue weighted by Crippen LogP contribution is 2.33. The van der Waals surface area contributed by atoms with E-state index in [1.54, 1.807) is 0 Å². The maximum absolute atomic E-state index is 12.3. The average Bonchev–Trinajstić information content (AvgIpc) is 3.14. The molecule has 0 atom stereocenters. The minimum atomic E-state index is 0.132. The lowest BCUT2D eigenvalue weighted by Gasteiger charge is -2.30. The van der Waals surface area contributed by atoms with Crippen molar-refractivity contribution in [1.82, 2.24) is 15.2 Å². The number of carbonyl (C=O) groups excluding carboxylic acids is 1. The van der Waals surface area contributed by atoms with Crippen molar-refractivity contribution < 1.29 is 4.79 Å². The van der Waals surface area contributed by atoms with E-state index < -0.39 is 0 Å². The second-order valence-corrected chi connectivity index (χ2v) is 8.66. The molecule has 1 amide bonds. The van der Waals surface area contributed by atoms with Crippen LogP contribution in [0.2, 0.25) is 0 Å². The number of aromatic nitrogens is 1. The summed E-state index contributed by atoms with van der Waals surface area (Å²) >= 11 is 1.82. The van der Waals surface area contributed by atoms with E-state index >= 15 is 0 Å². The van der Waals surface area contributed by atoms with Gasteiger partial charge in [-0.25, -0.2) is 4.98 Å². The average molecular weight is 394 g/mol. The van der Waals surface area contributed by atoms with Crippen molar-refractivity contribution in [1.29, 1.82) is 0 Å². The van der Waals surface area contributed by atoms with Crippen LogP contribution < -0.4 is 5.32 Å². The number of piperidine rings is 1. The number of rotatable bonds is 6. The molecular formula is C23H27N3OS. The van der Waals surface area contributed by atoms with Crippen LogP contribution in [0.1, 0.15) is 34.9 Å². The summed E-state index contributed by atoms with van der Waals surface area (Å²) in [5.74, 6) is 0.657. The number of nitrogens with one attached hydrogen (secondary N) is 1. The standard InChI is InChI=1S/C23H27N3OS/c1-17-6-2-3-7-18(17)10-13-24-22(27)16-26-14-11-19(12-15-26)23-25-20-8-4-5-9-21(20)28-23/h2-9,19H,10-16H2,1H3,(H,24,27). The monoisotopic (exact) mass is 393 g/mol. The summed E-state index contributed by atoms with van der Waals surface area (Å²) in [5.41, 5.74) is 3.70. The van der Waals surface area contributed by atoms with E-state index in [9.17, 15) is 4.79 Å². The smallest absolute Gasteiger partial charge is 0.234 e. The van der Waals surface area contributed by atoms with E-state index in [1.165, 1.54) is 20.8 Å². The molecule has 3 aromatic rings. The van der Waals surface area contributed by atoms with Crippen molar-refractivity contribution in [2.24, 2.45) is 0 Å². The molecule has 1 aliphatic rings. The lowest BCUT2D eigenvalue weighted by molar-refractivity contribution is -0.122. The van der Waals surface area contributed by atoms with Crippen molar-refractivity contribution in [3.63, 3.8) is 0 Å². The number of likely N-dealkylation sites (tertiary alicyclic amines) is 1. The lowest BCUT2D eigenvalue weighted by Crippen LogP contribution is -2.41. The van der Waals surface area contributed by atoms with Crippen molar-refractivity contribution >= 4 is 27.5 Å². The van der Waals surface area contributed by atoms with E-state index in [0.717, 1.165) is 37.9 Å². The lowest BCUT2D eigenvalue weighted by atomic mass is 9.97. The van der Waals surface area contributed by atoms with E-state index in [-0.39, 0.29) is 5.91 Å². The minimum Gasteiger partial charge on any atom is -0.355 e. The number of nitrogens with zero attached hydrogens (tertiary/aromatic N) is 2. The van der Waals surface area contributed by atoms with Crippen LogP contribution in [0.25, 0.3) is 10.2 Å². The van der Waals surface area contributed by atoms with Crippen molar-refractivity contribution in [2.75, 3.05) is 26.2 Å². The quantitative estimate of drug-likeness (QED) is 0.684. The zero-order valence-corrected chi connectivity index (χ0v) is 17.2. The number of para-hydroxylation sites is 1. The van der Waals surface area contributed by atoms with Gasteiger partial charge in [0.15, 0.2) is 0 Å². The molecule has 2 aromatic carbocycles. The summed E-state index contributed by atoms with van der Waals surface area (Å²) < 4.78 is 1.27. The predicted molar refractivity (Wildman–Crippen MR) is 116 cm³/mol. The van der Waals surface area contributed by atoms with E-state index in [2.05, 4.69) is 59.6 Å². The summed E-state index contributed by atoms with van der Waals surface area (Å²) in [6.45, 7) is 5.25. The highest BCUT2D eigenvalue weighted by atomic mass is 32.1. The zero-order chi connectivity index (χ0) is 19.3. The van der Waals surface area contributed by atoms with Gasteiger partial charge in [0.2, 0.25) is 5.91 Å². The first-order chi connectivity index (χ1) is 13.7. The molecular weight excluding hydrogens is 366 g/mol. The Morgan fingerprint density at radius 3 is 2.68 bits per heavy atom. The fourth-order valence-corrected chi connectivity index (χ4v) is 5.03. The van der Waals surface area contributed by atoms with Crippen LogP contribution in [0.15, 0.2) is 48.5 Å². The second kappa shape index (κ2) is 8.84. The number of thiazole rings is 1. The third-order valence-corrected chi connectivity index (χ3v) is 6.79. The maximum atomic E-state index is 12.3. The third-order valence-electron chi connectivity index (χ3n) is 5.59. The highest BCUT2D eigenvalue weighted by Gasteiger charge is 2.24. The third kappa shape index (κ3) is 4.59. The van der Waals surface area contributed by atoms with Gasteiger partial charge < -0.3 is 5.32 Å². The van der Waals surface area contributed by atoms with Crippen LogP contribution in [0, 0.1) is 6.92 Å². The zero-order valence-electron chi connectivity index (χ0n) is 16.4. The largest absolute Gasteiger partial charge is 0.355 e. The molecule has 1 N–H and O–H groups in total. The summed E-state index contributed by atoms with van der Waals surface area (Å²) in [6, 6.07) is 16.7. The molecule has 28 heavy (non-hydrogen) atoms. The number of hydrogen-bond donors (Lipinski definition) is 1. The first kappa shape index (κ1) is 19.1. The van der Waals surface area contributed by atoms with E-state index in [4.69, 9.17) is 4.98 Å². The number of benzene rings is 2. The SMILES string of the molecule is Cc1ccccc1CCNC(=O)CN1CCC(c2nc3ccccc3s2)CC1. The first-order valence-corrected chi connectivity index (χ1v) is 10.9. The summed E-state index contributed by atoms with van der Waals surface area (Å²) in [6.07, 6.45) is 3.05. The normalized spacial score (nSPS) is 15.8. The fourth-order valence-electron chi connectivity index (χ4n) is 3.89. The summed E-state index contributed by atoms with van der Waals surface area (Å²) in [5, 5.41) is 4.33. The molecule has 0 aliphatic carbocycles. The Morgan fingerprint density at radius 1 is 1.14 bits per heavy atom. The van der Waals surface area contributed by atoms with Gasteiger partial charge in [-0.3, -0.25) is 9.69 Å². The Balaban J connectivity index is 1.21. The van der Waals surface area contributed by atoms with E-state index in [0.29, 0.717) is 19.0 Å². The number of fused-ring (bicyclic) bond motifs is 1. The van der Waals surface area contributed by atoms with Crippen LogP contribution in [0.3, 0.4) is 0 Å². The Kier molecular flexibility index (Phi) is 6.03. The van der Waals surface area contributed by atoms with Crippen molar-refractivity contribution in [2.45, 2.75) is 32.1 Å². The molecule has 1 saturated heterocycles. The first-order valence-electron chi connectivity index (χ1n) is 10.1. The fraction of sp³-hybridized carbons (Fsp3) is 0.391. The van der Waals surface area contributed by atoms with Gasteiger partial charge in [0, 0.05) is 12.5 Å². The molecule has 1 aliphatic heterocycles. The molecule has 4 rings (SSSR count). The summed E-state index contributed by atoms with van der Waals surface area (Å²) in [7, 11) is 0. The van der Waals surface area contributed by atoms with Gasteiger partial charge in [0.25, 0.3) is 0 Å². The molecule has 0 saturated carbocycles. The van der Waals surface area contributed by atoms with E-state index in [1.807, 2.05) is 17.4 Å². The Hall–Kier alpha value is -2.24. The number of hydrogen-bond acceptors (Lipinski definition) is 4. The highest BCUT2D eigenvalue weighted by molar-refractivity contribution is 7.18. The van der Waals surface area contributed by atoms with Crippen molar-refractivity contribution in [3.05, 3.63) is 64.7 Å². The predicted octanol–water partition coefficient (Wildman–Crippen LogP) is 4.14. The minimum absolute atomic E-state index is 0.132. The van der Waals surface area contributed by atoms with Crippen LogP contribution in [0.5, 0.6) is 0 Å². The van der Waals surface area contributed by atoms with Crippen LogP contribution in [-0.4, -0.2) is 42.0 Å². The summed E-state index contributed by atoms with van der Waals surface area (Å²) in [4.78, 5) is 19.4. The molecule has 0 bridgehead atoms. The molecule has 1 fully saturated rings.